The highest BCUT2D eigenvalue weighted by molar-refractivity contribution is 5.92. The molecule has 0 unspecified atom stereocenters. The number of nitriles is 1. The van der Waals surface area contributed by atoms with Crippen molar-refractivity contribution < 1.29 is 9.53 Å². The molecule has 25 heavy (non-hydrogen) atoms. The number of esters is 1. The average molecular weight is 334 g/mol. The molecular weight excluding hydrogens is 316 g/mol. The van der Waals surface area contributed by atoms with Crippen LogP contribution in [0.4, 0.5) is 5.82 Å². The van der Waals surface area contributed by atoms with E-state index in [0.717, 1.165) is 41.6 Å². The van der Waals surface area contributed by atoms with Crippen LogP contribution in [0.3, 0.4) is 0 Å². The number of nitrogens with one attached hydrogen (secondary N) is 1. The number of carbonyl (C=O) groups excluding carboxylic acids is 1. The van der Waals surface area contributed by atoms with Gasteiger partial charge >= 0.3 is 5.97 Å². The van der Waals surface area contributed by atoms with Crippen molar-refractivity contribution in [1.82, 2.24) is 10.3 Å². The predicted octanol–water partition coefficient (Wildman–Crippen LogP) is 2.34. The smallest absolute Gasteiger partial charge is 0.337 e. The molecule has 0 radical (unpaired) electrons. The summed E-state index contributed by atoms with van der Waals surface area (Å²) in [5, 5.41) is 13.3. The number of pyridine rings is 1. The molecule has 6 nitrogen and oxygen atoms in total. The molecule has 1 saturated heterocycles. The van der Waals surface area contributed by atoms with Gasteiger partial charge in [0.05, 0.1) is 12.7 Å². The lowest BCUT2D eigenvalue weighted by atomic mass is 9.87. The Kier molecular flexibility index (Phi) is 3.66. The van der Waals surface area contributed by atoms with Crippen LogP contribution >= 0.6 is 0 Å². The predicted molar refractivity (Wildman–Crippen MR) is 92.7 cm³/mol. The molecule has 0 amide bonds. The number of benzene rings is 1. The minimum atomic E-state index is -0.407. The maximum absolute atomic E-state index is 11.9. The van der Waals surface area contributed by atoms with Crippen molar-refractivity contribution in [3.8, 4) is 17.2 Å². The van der Waals surface area contributed by atoms with Gasteiger partial charge in [0.15, 0.2) is 0 Å². The van der Waals surface area contributed by atoms with Crippen molar-refractivity contribution in [1.29, 1.82) is 5.26 Å². The van der Waals surface area contributed by atoms with Crippen LogP contribution in [-0.2, 0) is 11.2 Å². The van der Waals surface area contributed by atoms with Gasteiger partial charge in [0.2, 0.25) is 0 Å². The van der Waals surface area contributed by atoms with Crippen molar-refractivity contribution in [3.05, 3.63) is 46.6 Å². The number of rotatable bonds is 2. The monoisotopic (exact) mass is 334 g/mol. The van der Waals surface area contributed by atoms with Crippen LogP contribution in [0.15, 0.2) is 24.3 Å². The Morgan fingerprint density at radius 1 is 1.44 bits per heavy atom. The summed E-state index contributed by atoms with van der Waals surface area (Å²) < 4.78 is 4.82. The quantitative estimate of drug-likeness (QED) is 0.818. The lowest BCUT2D eigenvalue weighted by Gasteiger charge is -2.27. The third-order valence-corrected chi connectivity index (χ3v) is 5.05. The SMILES string of the molecule is COC(=O)c1cccc(-c2c(C#N)c(N)nc3c2[C@H]2CC[C@@H](C3)N2)c1. The normalized spacial score (nSPS) is 20.6. The van der Waals surface area contributed by atoms with Gasteiger partial charge in [-0.05, 0) is 36.1 Å². The summed E-state index contributed by atoms with van der Waals surface area (Å²) in [5.74, 6) is -0.156. The van der Waals surface area contributed by atoms with E-state index in [0.29, 0.717) is 17.2 Å². The first-order valence-electron chi connectivity index (χ1n) is 8.29. The van der Waals surface area contributed by atoms with Crippen molar-refractivity contribution in [2.24, 2.45) is 0 Å². The summed E-state index contributed by atoms with van der Waals surface area (Å²) in [6.45, 7) is 0. The van der Waals surface area contributed by atoms with Crippen LogP contribution in [0.5, 0.6) is 0 Å². The minimum absolute atomic E-state index is 0.172. The average Bonchev–Trinajstić information content (AvgIpc) is 3.02. The van der Waals surface area contributed by atoms with Gasteiger partial charge in [-0.1, -0.05) is 12.1 Å². The number of nitrogen functional groups attached to an aromatic ring is 1. The van der Waals surface area contributed by atoms with Crippen LogP contribution in [-0.4, -0.2) is 24.1 Å². The molecule has 6 heteroatoms. The molecule has 0 aliphatic carbocycles. The van der Waals surface area contributed by atoms with Crippen LogP contribution in [0, 0.1) is 11.3 Å². The van der Waals surface area contributed by atoms with Crippen molar-refractivity contribution in [2.75, 3.05) is 12.8 Å². The lowest BCUT2D eigenvalue weighted by molar-refractivity contribution is 0.0601. The molecule has 2 aromatic rings. The standard InChI is InChI=1S/C19H18N4O2/c1-25-19(24)11-4-2-3-10(7-11)16-13(9-20)18(21)23-15-8-12-5-6-14(22-12)17(15)16/h2-4,7,12,14,22H,5-6,8H2,1H3,(H2,21,23)/t12-,14+/m0/s1. The maximum atomic E-state index is 11.9. The summed E-state index contributed by atoms with van der Waals surface area (Å²) >= 11 is 0. The molecule has 2 bridgehead atoms. The van der Waals surface area contributed by atoms with E-state index < -0.39 is 5.97 Å². The highest BCUT2D eigenvalue weighted by Gasteiger charge is 2.36. The fourth-order valence-corrected chi connectivity index (χ4v) is 3.97. The molecule has 0 spiro atoms. The van der Waals surface area contributed by atoms with Crippen molar-refractivity contribution >= 4 is 11.8 Å². The molecule has 0 saturated carbocycles. The van der Waals surface area contributed by atoms with Gasteiger partial charge in [-0.15, -0.1) is 0 Å². The van der Waals surface area contributed by atoms with Gasteiger partial charge in [0.25, 0.3) is 0 Å². The minimum Gasteiger partial charge on any atom is -0.465 e. The molecule has 1 aromatic heterocycles. The van der Waals surface area contributed by atoms with E-state index >= 15 is 0 Å². The lowest BCUT2D eigenvalue weighted by Crippen LogP contribution is -2.33. The fourth-order valence-electron chi connectivity index (χ4n) is 3.97. The number of methoxy groups -OCH3 is 1. The van der Waals surface area contributed by atoms with Crippen molar-refractivity contribution in [2.45, 2.75) is 31.3 Å². The first-order valence-corrected chi connectivity index (χ1v) is 8.29. The van der Waals surface area contributed by atoms with E-state index in [1.807, 2.05) is 6.07 Å². The molecule has 1 fully saturated rings. The molecule has 3 heterocycles. The Balaban J connectivity index is 1.97. The summed E-state index contributed by atoms with van der Waals surface area (Å²) in [6.07, 6.45) is 2.91. The number of ether oxygens (including phenoxy) is 1. The first-order chi connectivity index (χ1) is 12.1. The fraction of sp³-hybridized carbons (Fsp3) is 0.316. The zero-order chi connectivity index (χ0) is 17.6. The van der Waals surface area contributed by atoms with E-state index in [1.165, 1.54) is 7.11 Å². The molecule has 2 aliphatic heterocycles. The molecule has 126 valence electrons. The van der Waals surface area contributed by atoms with Crippen LogP contribution in [0.2, 0.25) is 0 Å². The number of nitrogens with two attached hydrogens (primary N) is 1. The van der Waals surface area contributed by atoms with E-state index in [2.05, 4.69) is 16.4 Å². The highest BCUT2D eigenvalue weighted by Crippen LogP contribution is 2.43. The number of nitrogens with zero attached hydrogens (tertiary/aromatic N) is 2. The van der Waals surface area contributed by atoms with E-state index in [1.54, 1.807) is 18.2 Å². The second-order valence-electron chi connectivity index (χ2n) is 6.49. The van der Waals surface area contributed by atoms with Gasteiger partial charge in [-0.2, -0.15) is 5.26 Å². The molecular formula is C19H18N4O2. The molecule has 4 rings (SSSR count). The van der Waals surface area contributed by atoms with Gasteiger partial charge in [0.1, 0.15) is 17.5 Å². The van der Waals surface area contributed by atoms with E-state index in [9.17, 15) is 10.1 Å². The number of aromatic nitrogens is 1. The Hall–Kier alpha value is -2.91. The largest absolute Gasteiger partial charge is 0.465 e. The number of hydrogen-bond acceptors (Lipinski definition) is 6. The Morgan fingerprint density at radius 3 is 3.04 bits per heavy atom. The third-order valence-electron chi connectivity index (χ3n) is 5.05. The number of carbonyl (C=O) groups is 1. The van der Waals surface area contributed by atoms with Gasteiger partial charge < -0.3 is 15.8 Å². The summed E-state index contributed by atoms with van der Waals surface area (Å²) in [7, 11) is 1.35. The first kappa shape index (κ1) is 15.6. The third kappa shape index (κ3) is 2.44. The van der Waals surface area contributed by atoms with E-state index in [-0.39, 0.29) is 11.9 Å². The second-order valence-corrected chi connectivity index (χ2v) is 6.49. The van der Waals surface area contributed by atoms with Gasteiger partial charge in [0, 0.05) is 29.8 Å². The molecule has 3 N–H and O–H groups in total. The maximum Gasteiger partial charge on any atom is 0.337 e. The number of anilines is 1. The van der Waals surface area contributed by atoms with Gasteiger partial charge in [-0.3, -0.25) is 0 Å². The Morgan fingerprint density at radius 2 is 2.28 bits per heavy atom. The molecule has 2 atom stereocenters. The molecule has 1 aromatic carbocycles. The number of fused-ring (bicyclic) bond motifs is 4. The Bertz CT molecular complexity index is 916. The molecule has 2 aliphatic rings. The zero-order valence-corrected chi connectivity index (χ0v) is 13.9. The van der Waals surface area contributed by atoms with Crippen LogP contribution < -0.4 is 11.1 Å². The van der Waals surface area contributed by atoms with Crippen LogP contribution in [0.25, 0.3) is 11.1 Å². The topological polar surface area (TPSA) is 101 Å². The second kappa shape index (κ2) is 5.87. The zero-order valence-electron chi connectivity index (χ0n) is 13.9. The van der Waals surface area contributed by atoms with Crippen LogP contribution in [0.1, 0.15) is 46.1 Å². The summed E-state index contributed by atoms with van der Waals surface area (Å²) in [4.78, 5) is 16.4. The Labute approximate surface area is 145 Å². The highest BCUT2D eigenvalue weighted by atomic mass is 16.5. The summed E-state index contributed by atoms with van der Waals surface area (Å²) in [5.41, 5.74) is 10.5. The van der Waals surface area contributed by atoms with E-state index in [4.69, 9.17) is 10.5 Å². The number of hydrogen-bond donors (Lipinski definition) is 2. The summed E-state index contributed by atoms with van der Waals surface area (Å²) in [6, 6.07) is 9.93. The van der Waals surface area contributed by atoms with Crippen molar-refractivity contribution in [3.63, 3.8) is 0 Å². The van der Waals surface area contributed by atoms with Gasteiger partial charge in [-0.25, -0.2) is 9.78 Å².